The Kier molecular flexibility index (Phi) is 19.5. The van der Waals surface area contributed by atoms with Crippen LogP contribution in [0.3, 0.4) is 0 Å². The lowest BCUT2D eigenvalue weighted by molar-refractivity contribution is -0.167. The summed E-state index contributed by atoms with van der Waals surface area (Å²) in [5, 5.41) is 40.3. The second-order valence-electron chi connectivity index (χ2n) is 22.3. The Morgan fingerprint density at radius 3 is 1.51 bits per heavy atom. The molecule has 5 rings (SSSR count). The van der Waals surface area contributed by atoms with Crippen molar-refractivity contribution in [3.63, 3.8) is 0 Å². The van der Waals surface area contributed by atoms with Crippen LogP contribution < -0.4 is 26.6 Å². The summed E-state index contributed by atoms with van der Waals surface area (Å²) in [6.45, 7) is 19.8. The maximum absolute atomic E-state index is 15.2. The van der Waals surface area contributed by atoms with Crippen LogP contribution in [-0.4, -0.2) is 133 Å². The van der Waals surface area contributed by atoms with Gasteiger partial charge in [-0.05, 0) is 144 Å². The Balaban J connectivity index is 1.47. The molecule has 3 atom stereocenters. The Morgan fingerprint density at radius 2 is 1.05 bits per heavy atom. The summed E-state index contributed by atoms with van der Waals surface area (Å²) in [5.74, 6) is -3.95. The first-order chi connectivity index (χ1) is 35.2. The number of nitrogens with one attached hydrogen (secondary N) is 7. The van der Waals surface area contributed by atoms with Gasteiger partial charge in [0.05, 0.1) is 5.92 Å². The van der Waals surface area contributed by atoms with Gasteiger partial charge in [0.25, 0.3) is 11.8 Å². The number of aromatic nitrogens is 2. The number of hydrogen-bond donors (Lipinski definition) is 9. The Morgan fingerprint density at radius 1 is 0.632 bits per heavy atom. The van der Waals surface area contributed by atoms with Gasteiger partial charge in [0.15, 0.2) is 5.60 Å². The summed E-state index contributed by atoms with van der Waals surface area (Å²) in [7, 11) is 0. The largest absolute Gasteiger partial charge is 0.444 e. The molecule has 1 saturated heterocycles. The number of unbranched alkanes of at least 4 members (excludes halogenated alkanes) is 2. The number of halogens is 2. The van der Waals surface area contributed by atoms with E-state index in [1.807, 2.05) is 18.2 Å². The van der Waals surface area contributed by atoms with Gasteiger partial charge in [-0.25, -0.2) is 19.2 Å². The number of likely N-dealkylation sites (tertiary alicyclic amines) is 1. The van der Waals surface area contributed by atoms with Gasteiger partial charge in [-0.15, -0.1) is 0 Å². The third-order valence-corrected chi connectivity index (χ3v) is 12.1. The number of aliphatic hydroxyl groups is 2. The predicted octanol–water partition coefficient (Wildman–Crippen LogP) is 8.25. The lowest BCUT2D eigenvalue weighted by Gasteiger charge is -2.37. The van der Waals surface area contributed by atoms with Crippen LogP contribution >= 0.6 is 31.9 Å². The van der Waals surface area contributed by atoms with Crippen LogP contribution in [0.2, 0.25) is 0 Å². The number of alkyl carbamates (subject to hydrolysis) is 4. The Hall–Kier alpha value is -6.24. The number of carbonyl (C=O) groups is 6. The number of fused-ring (bicyclic) bond motifs is 2. The van der Waals surface area contributed by atoms with E-state index in [4.69, 9.17) is 18.9 Å². The summed E-state index contributed by atoms with van der Waals surface area (Å²) in [6.07, 6.45) is 0.294. The number of H-pyrrole nitrogens is 2. The van der Waals surface area contributed by atoms with Gasteiger partial charge < -0.3 is 49.3 Å². The molecule has 0 aliphatic carbocycles. The van der Waals surface area contributed by atoms with Gasteiger partial charge in [0.1, 0.15) is 22.4 Å². The minimum absolute atomic E-state index is 0.0334. The highest BCUT2D eigenvalue weighted by molar-refractivity contribution is 9.10. The van der Waals surface area contributed by atoms with Gasteiger partial charge in [0, 0.05) is 75.7 Å². The molecule has 2 aromatic carbocycles. The molecule has 3 heterocycles. The van der Waals surface area contributed by atoms with Crippen LogP contribution in [0.5, 0.6) is 0 Å². The molecule has 0 radical (unpaired) electrons. The Bertz CT molecular complexity index is 2770. The third kappa shape index (κ3) is 16.9. The lowest BCUT2D eigenvalue weighted by atomic mass is 9.75. The van der Waals surface area contributed by atoms with Crippen molar-refractivity contribution >= 4 is 102 Å². The average molecular weight is 1190 g/mol. The zero-order chi connectivity index (χ0) is 56.6. The van der Waals surface area contributed by atoms with Crippen LogP contribution in [0, 0.1) is 0 Å². The van der Waals surface area contributed by atoms with Gasteiger partial charge in [0.2, 0.25) is 17.6 Å². The predicted molar refractivity (Wildman–Crippen MR) is 294 cm³/mol. The van der Waals surface area contributed by atoms with Gasteiger partial charge in [-0.1, -0.05) is 44.0 Å². The maximum Gasteiger partial charge on any atom is 0.414 e. The molecule has 2 aromatic heterocycles. The lowest BCUT2D eigenvalue weighted by Crippen LogP contribution is -2.59. The molecule has 1 aliphatic rings. The zero-order valence-corrected chi connectivity index (χ0v) is 48.3. The second-order valence-corrected chi connectivity index (χ2v) is 24.1. The molecular weight excluding hydrogens is 1120 g/mol. The molecule has 0 saturated carbocycles. The number of carbonyl (C=O) groups excluding carboxylic acids is 6. The smallest absolute Gasteiger partial charge is 0.414 e. The minimum Gasteiger partial charge on any atom is -0.444 e. The number of hydrogen-bond acceptors (Lipinski definition) is 14. The third-order valence-electron chi connectivity index (χ3n) is 11.1. The summed E-state index contributed by atoms with van der Waals surface area (Å²) >= 11 is 7.00. The van der Waals surface area contributed by atoms with E-state index in [1.54, 1.807) is 114 Å². The first-order valence-electron chi connectivity index (χ1n) is 24.8. The highest BCUT2D eigenvalue weighted by Crippen LogP contribution is 2.51. The topological polar surface area (TPSA) is 299 Å². The van der Waals surface area contributed by atoms with E-state index in [2.05, 4.69) is 78.4 Å². The zero-order valence-electron chi connectivity index (χ0n) is 45.1. The summed E-state index contributed by atoms with van der Waals surface area (Å²) < 4.78 is 22.9. The summed E-state index contributed by atoms with van der Waals surface area (Å²) in [4.78, 5) is 97.2. The number of amides is 6. The molecule has 9 N–H and O–H groups in total. The quantitative estimate of drug-likeness (QED) is 0.0250. The van der Waals surface area contributed by atoms with Crippen LogP contribution in [0.1, 0.15) is 126 Å². The number of benzene rings is 2. The summed E-state index contributed by atoms with van der Waals surface area (Å²) in [5.41, 5.74) is -6.40. The van der Waals surface area contributed by atoms with Crippen molar-refractivity contribution in [2.75, 3.05) is 26.2 Å². The van der Waals surface area contributed by atoms with Gasteiger partial charge in [-0.2, -0.15) is 0 Å². The number of guanidine groups is 2. The van der Waals surface area contributed by atoms with Crippen molar-refractivity contribution in [2.24, 2.45) is 9.98 Å². The van der Waals surface area contributed by atoms with E-state index in [1.165, 1.54) is 0 Å². The second kappa shape index (κ2) is 24.4. The number of ether oxygens (including phenoxy) is 4. The normalized spacial score (nSPS) is 17.9. The fraction of sp³-hybridized carbons (Fsp3) is 0.538. The van der Waals surface area contributed by atoms with Crippen molar-refractivity contribution in [2.45, 2.75) is 155 Å². The first kappa shape index (κ1) is 60.6. The molecule has 22 nitrogen and oxygen atoms in total. The molecule has 1 fully saturated rings. The molecular formula is C52H72Br2N10O12. The van der Waals surface area contributed by atoms with E-state index < -0.39 is 75.8 Å². The fourth-order valence-electron chi connectivity index (χ4n) is 8.29. The molecule has 0 bridgehead atoms. The highest BCUT2D eigenvalue weighted by atomic mass is 79.9. The number of aliphatic imine (C=N–C) groups is 2. The SMILES string of the molecule is CC(C)(C)OC(=O)NC(=NCCCCNC(=O)[C@]1(O)[C@H](c2c[nH]c3cc(Br)ccc23)[C@@](O)(Cc2c[nH]c3cc(Br)ccc23)C(=O)N1CCCCN=C(NC(=O)OC(C)(C)C)NC(=O)OC(C)(C)C)NC(=O)OC(C)(C)C. The first-order valence-corrected chi connectivity index (χ1v) is 26.4. The van der Waals surface area contributed by atoms with E-state index in [-0.39, 0.29) is 63.8 Å². The van der Waals surface area contributed by atoms with E-state index in [9.17, 15) is 34.2 Å². The molecule has 416 valence electrons. The maximum atomic E-state index is 15.2. The molecule has 1 aliphatic heterocycles. The van der Waals surface area contributed by atoms with Crippen LogP contribution in [0.4, 0.5) is 19.2 Å². The Labute approximate surface area is 458 Å². The highest BCUT2D eigenvalue weighted by Gasteiger charge is 2.70. The van der Waals surface area contributed by atoms with Crippen molar-refractivity contribution in [1.82, 2.24) is 41.5 Å². The van der Waals surface area contributed by atoms with E-state index in [0.717, 1.165) is 19.4 Å². The fourth-order valence-corrected chi connectivity index (χ4v) is 9.01. The molecule has 6 amide bonds. The van der Waals surface area contributed by atoms with Gasteiger partial charge in [-0.3, -0.25) is 40.8 Å². The average Bonchev–Trinajstić information content (AvgIpc) is 3.89. The monoisotopic (exact) mass is 1190 g/mol. The van der Waals surface area contributed by atoms with Crippen molar-refractivity contribution in [3.8, 4) is 0 Å². The molecule has 0 unspecified atom stereocenters. The number of rotatable bonds is 14. The van der Waals surface area contributed by atoms with Crippen molar-refractivity contribution in [1.29, 1.82) is 0 Å². The van der Waals surface area contributed by atoms with E-state index >= 15 is 4.79 Å². The van der Waals surface area contributed by atoms with Crippen molar-refractivity contribution < 1.29 is 57.9 Å². The molecule has 24 heteroatoms. The summed E-state index contributed by atoms with van der Waals surface area (Å²) in [6, 6.07) is 10.8. The number of nitrogens with zero attached hydrogens (tertiary/aromatic N) is 3. The van der Waals surface area contributed by atoms with Gasteiger partial charge >= 0.3 is 24.4 Å². The van der Waals surface area contributed by atoms with Crippen LogP contribution in [-0.2, 0) is 35.0 Å². The molecule has 4 aromatic rings. The number of aromatic amines is 2. The molecule has 0 spiro atoms. The molecule has 76 heavy (non-hydrogen) atoms. The van der Waals surface area contributed by atoms with Crippen LogP contribution in [0.25, 0.3) is 21.8 Å². The standard InChI is InChI=1S/C52H72Br2N10O12/c1-47(2,3)73-43(67)60-41(61-44(68)74-48(4,5)6)56-22-14-13-21-55-39(65)52(72)38(35-29-59-37-26-32(54)18-20-34(35)37)51(71,27-30-28-58-36-25-31(53)17-19-33(30)36)40(66)64(52)24-16-15-23-57-42(62-45(69)75-49(7,8)9)63-46(70)76-50(10,11)12/h17-20,25-26,28-29,38,58-59,71-72H,13-16,21-24,27H2,1-12H3,(H,55,65)(H2,56,60,61,67,68)(H2,57,62,63,69,70)/t38-,51+,52-/m1/s1. The van der Waals surface area contributed by atoms with Crippen LogP contribution in [0.15, 0.2) is 67.7 Å². The van der Waals surface area contributed by atoms with Crippen molar-refractivity contribution in [3.05, 3.63) is 68.9 Å². The van der Waals surface area contributed by atoms with E-state index in [0.29, 0.717) is 33.8 Å². The minimum atomic E-state index is -2.71.